The van der Waals surface area contributed by atoms with Gasteiger partial charge in [-0.25, -0.2) is 23.4 Å². The van der Waals surface area contributed by atoms with Gasteiger partial charge < -0.3 is 14.8 Å². The number of hydrogen-bond acceptors (Lipinski definition) is 7. The molecule has 4 rings (SSSR count). The van der Waals surface area contributed by atoms with Crippen molar-refractivity contribution < 1.29 is 8.42 Å². The fourth-order valence-electron chi connectivity index (χ4n) is 3.45. The SMILES string of the molecule is CCS(=O)(=O)Nc1ccc(N(C)C2CCN(c3ncnc4[nH]ccc34)C2)nc1. The van der Waals surface area contributed by atoms with Gasteiger partial charge in [-0.15, -0.1) is 0 Å². The van der Waals surface area contributed by atoms with Crippen molar-refractivity contribution in [1.29, 1.82) is 0 Å². The molecular formula is C18H23N7O2S. The lowest BCUT2D eigenvalue weighted by Gasteiger charge is -2.26. The van der Waals surface area contributed by atoms with E-state index in [9.17, 15) is 8.42 Å². The molecule has 1 atom stereocenters. The van der Waals surface area contributed by atoms with Gasteiger partial charge in [0.15, 0.2) is 0 Å². The quantitative estimate of drug-likeness (QED) is 0.649. The van der Waals surface area contributed by atoms with Gasteiger partial charge in [0.2, 0.25) is 10.0 Å². The van der Waals surface area contributed by atoms with Gasteiger partial charge >= 0.3 is 0 Å². The first-order valence-electron chi connectivity index (χ1n) is 9.19. The van der Waals surface area contributed by atoms with Crippen LogP contribution in [0.4, 0.5) is 17.3 Å². The maximum absolute atomic E-state index is 11.7. The van der Waals surface area contributed by atoms with Crippen molar-refractivity contribution in [2.24, 2.45) is 0 Å². The number of fused-ring (bicyclic) bond motifs is 1. The third-order valence-corrected chi connectivity index (χ3v) is 6.41. The highest BCUT2D eigenvalue weighted by atomic mass is 32.2. The molecule has 28 heavy (non-hydrogen) atoms. The largest absolute Gasteiger partial charge is 0.355 e. The molecule has 3 aromatic heterocycles. The van der Waals surface area contributed by atoms with Gasteiger partial charge in [0.25, 0.3) is 0 Å². The molecule has 0 radical (unpaired) electrons. The van der Waals surface area contributed by atoms with Gasteiger partial charge in [-0.05, 0) is 31.5 Å². The Labute approximate surface area is 163 Å². The number of nitrogens with zero attached hydrogens (tertiary/aromatic N) is 5. The third-order valence-electron chi connectivity index (χ3n) is 5.11. The second-order valence-corrected chi connectivity index (χ2v) is 8.86. The van der Waals surface area contributed by atoms with Gasteiger partial charge in [0.1, 0.15) is 23.6 Å². The summed E-state index contributed by atoms with van der Waals surface area (Å²) >= 11 is 0. The van der Waals surface area contributed by atoms with Crippen molar-refractivity contribution >= 4 is 38.4 Å². The molecule has 2 N–H and O–H groups in total. The average molecular weight is 401 g/mol. The number of aromatic amines is 1. The normalized spacial score (nSPS) is 17.2. The fourth-order valence-corrected chi connectivity index (χ4v) is 4.08. The summed E-state index contributed by atoms with van der Waals surface area (Å²) in [6.45, 7) is 3.34. The van der Waals surface area contributed by atoms with E-state index in [1.54, 1.807) is 25.5 Å². The van der Waals surface area contributed by atoms with Crippen molar-refractivity contribution in [3.8, 4) is 0 Å². The maximum atomic E-state index is 11.7. The predicted molar refractivity (Wildman–Crippen MR) is 110 cm³/mol. The topological polar surface area (TPSA) is 107 Å². The summed E-state index contributed by atoms with van der Waals surface area (Å²) < 4.78 is 25.9. The zero-order valence-electron chi connectivity index (χ0n) is 15.8. The van der Waals surface area contributed by atoms with E-state index < -0.39 is 10.0 Å². The molecule has 0 saturated carbocycles. The highest BCUT2D eigenvalue weighted by Gasteiger charge is 2.28. The number of nitrogens with one attached hydrogen (secondary N) is 2. The Hall–Kier alpha value is -2.88. The van der Waals surface area contributed by atoms with Crippen LogP contribution in [0.2, 0.25) is 0 Å². The lowest BCUT2D eigenvalue weighted by Crippen LogP contribution is -2.35. The fraction of sp³-hybridized carbons (Fsp3) is 0.389. The molecule has 3 aromatic rings. The van der Waals surface area contributed by atoms with Crippen molar-refractivity contribution in [1.82, 2.24) is 19.9 Å². The van der Waals surface area contributed by atoms with Crippen LogP contribution in [0.25, 0.3) is 11.0 Å². The standard InChI is InChI=1S/C18H23N7O2S/c1-3-28(26,27)23-13-4-5-16(20-10-13)24(2)14-7-9-25(11-14)18-15-6-8-19-17(15)21-12-22-18/h4-6,8,10,12,14,23H,3,7,9,11H2,1-2H3,(H,19,21,22). The van der Waals surface area contributed by atoms with Crippen molar-refractivity contribution in [3.05, 3.63) is 36.9 Å². The Bertz CT molecular complexity index is 1060. The lowest BCUT2D eigenvalue weighted by atomic mass is 10.2. The van der Waals surface area contributed by atoms with E-state index in [0.29, 0.717) is 5.69 Å². The van der Waals surface area contributed by atoms with Crippen molar-refractivity contribution in [2.75, 3.05) is 40.4 Å². The van der Waals surface area contributed by atoms with Crippen LogP contribution in [0, 0.1) is 0 Å². The van der Waals surface area contributed by atoms with Crippen LogP contribution in [0.3, 0.4) is 0 Å². The number of aromatic nitrogens is 4. The average Bonchev–Trinajstić information content (AvgIpc) is 3.37. The Kier molecular flexibility index (Phi) is 4.80. The molecule has 1 saturated heterocycles. The van der Waals surface area contributed by atoms with Crippen LogP contribution in [-0.2, 0) is 10.0 Å². The van der Waals surface area contributed by atoms with E-state index >= 15 is 0 Å². The molecule has 1 unspecified atom stereocenters. The Morgan fingerprint density at radius 3 is 2.89 bits per heavy atom. The number of rotatable bonds is 6. The minimum absolute atomic E-state index is 0.0318. The number of H-pyrrole nitrogens is 1. The van der Waals surface area contributed by atoms with E-state index in [1.165, 1.54) is 0 Å². The van der Waals surface area contributed by atoms with Gasteiger partial charge in [-0.1, -0.05) is 0 Å². The molecular weight excluding hydrogens is 378 g/mol. The highest BCUT2D eigenvalue weighted by Crippen LogP contribution is 2.28. The molecule has 1 aliphatic rings. The zero-order chi connectivity index (χ0) is 19.7. The van der Waals surface area contributed by atoms with E-state index in [4.69, 9.17) is 0 Å². The lowest BCUT2D eigenvalue weighted by molar-refractivity contribution is 0.602. The summed E-state index contributed by atoms with van der Waals surface area (Å²) in [6, 6.07) is 5.87. The Balaban J connectivity index is 1.46. The van der Waals surface area contributed by atoms with Gasteiger partial charge in [-0.3, -0.25) is 4.72 Å². The van der Waals surface area contributed by atoms with Gasteiger partial charge in [0.05, 0.1) is 23.0 Å². The Morgan fingerprint density at radius 1 is 1.29 bits per heavy atom. The summed E-state index contributed by atoms with van der Waals surface area (Å²) in [4.78, 5) is 20.7. The van der Waals surface area contributed by atoms with Crippen molar-refractivity contribution in [3.63, 3.8) is 0 Å². The van der Waals surface area contributed by atoms with Crippen LogP contribution in [0.5, 0.6) is 0 Å². The first-order valence-corrected chi connectivity index (χ1v) is 10.8. The molecule has 148 valence electrons. The van der Waals surface area contributed by atoms with Crippen LogP contribution < -0.4 is 14.5 Å². The van der Waals surface area contributed by atoms with Crippen LogP contribution in [-0.4, -0.2) is 60.3 Å². The van der Waals surface area contributed by atoms with E-state index in [1.807, 2.05) is 25.4 Å². The van der Waals surface area contributed by atoms with E-state index in [2.05, 4.69) is 34.5 Å². The van der Waals surface area contributed by atoms with Crippen molar-refractivity contribution in [2.45, 2.75) is 19.4 Å². The smallest absolute Gasteiger partial charge is 0.232 e. The Morgan fingerprint density at radius 2 is 2.14 bits per heavy atom. The molecule has 9 nitrogen and oxygen atoms in total. The first-order chi connectivity index (χ1) is 13.5. The van der Waals surface area contributed by atoms with Gasteiger partial charge in [-0.2, -0.15) is 0 Å². The third kappa shape index (κ3) is 3.59. The molecule has 0 bridgehead atoms. The first kappa shape index (κ1) is 18.5. The molecule has 10 heteroatoms. The number of sulfonamides is 1. The number of hydrogen-bond donors (Lipinski definition) is 2. The molecule has 1 aliphatic heterocycles. The monoisotopic (exact) mass is 401 g/mol. The zero-order valence-corrected chi connectivity index (χ0v) is 16.6. The van der Waals surface area contributed by atoms with E-state index in [-0.39, 0.29) is 11.8 Å². The molecule has 0 aliphatic carbocycles. The number of likely N-dealkylation sites (N-methyl/N-ethyl adjacent to an activating group) is 1. The van der Waals surface area contributed by atoms with Crippen LogP contribution in [0.15, 0.2) is 36.9 Å². The number of anilines is 3. The second kappa shape index (κ2) is 7.27. The summed E-state index contributed by atoms with van der Waals surface area (Å²) in [6.07, 6.45) is 6.00. The second-order valence-electron chi connectivity index (χ2n) is 6.85. The predicted octanol–water partition coefficient (Wildman–Crippen LogP) is 1.83. The molecule has 4 heterocycles. The highest BCUT2D eigenvalue weighted by molar-refractivity contribution is 7.92. The van der Waals surface area contributed by atoms with E-state index in [0.717, 1.165) is 42.2 Å². The summed E-state index contributed by atoms with van der Waals surface area (Å²) in [5.74, 6) is 1.78. The minimum Gasteiger partial charge on any atom is -0.355 e. The molecule has 1 fully saturated rings. The molecule has 0 spiro atoms. The van der Waals surface area contributed by atoms with Crippen LogP contribution >= 0.6 is 0 Å². The molecule has 0 aromatic carbocycles. The van der Waals surface area contributed by atoms with Crippen LogP contribution in [0.1, 0.15) is 13.3 Å². The summed E-state index contributed by atoms with van der Waals surface area (Å²) in [7, 11) is -1.29. The summed E-state index contributed by atoms with van der Waals surface area (Å²) in [5.41, 5.74) is 1.32. The minimum atomic E-state index is -3.30. The van der Waals surface area contributed by atoms with Gasteiger partial charge in [0, 0.05) is 32.4 Å². The maximum Gasteiger partial charge on any atom is 0.232 e. The molecule has 0 amide bonds. The summed E-state index contributed by atoms with van der Waals surface area (Å²) in [5, 5.41) is 1.02. The number of pyridine rings is 1.